The minimum Gasteiger partial charge on any atom is -0.329 e. The molecule has 0 aromatic heterocycles. The number of benzene rings is 1. The maximum absolute atomic E-state index is 12.4. The van der Waals surface area contributed by atoms with Crippen molar-refractivity contribution in [2.75, 3.05) is 6.54 Å². The molecule has 0 amide bonds. The molecule has 1 aromatic rings. The molecule has 0 fully saturated rings. The fraction of sp³-hybridized carbons (Fsp3) is 0.538. The molecule has 8 heteroatoms. The summed E-state index contributed by atoms with van der Waals surface area (Å²) in [6.45, 7) is 3.79. The lowest BCUT2D eigenvalue weighted by Crippen LogP contribution is -2.40. The van der Waals surface area contributed by atoms with Crippen LogP contribution < -0.4 is 10.5 Å². The van der Waals surface area contributed by atoms with E-state index in [2.05, 4.69) is 4.72 Å². The van der Waals surface area contributed by atoms with E-state index in [1.807, 2.05) is 6.92 Å². The van der Waals surface area contributed by atoms with Crippen LogP contribution in [0.15, 0.2) is 23.1 Å². The van der Waals surface area contributed by atoms with Gasteiger partial charge in [0.2, 0.25) is 10.0 Å². The van der Waals surface area contributed by atoms with E-state index < -0.39 is 14.9 Å². The van der Waals surface area contributed by atoms with Gasteiger partial charge < -0.3 is 5.73 Å². The Morgan fingerprint density at radius 2 is 2.10 bits per heavy atom. The first kappa shape index (κ1) is 17.5. The molecule has 0 radical (unpaired) electrons. The molecule has 7 nitrogen and oxygen atoms in total. The van der Waals surface area contributed by atoms with Gasteiger partial charge in [0.15, 0.2) is 0 Å². The van der Waals surface area contributed by atoms with E-state index in [-0.39, 0.29) is 23.2 Å². The highest BCUT2D eigenvalue weighted by molar-refractivity contribution is 7.89. The molecule has 1 aromatic carbocycles. The van der Waals surface area contributed by atoms with Crippen molar-refractivity contribution >= 4 is 15.7 Å². The Morgan fingerprint density at radius 3 is 2.62 bits per heavy atom. The lowest BCUT2D eigenvalue weighted by molar-refractivity contribution is -0.385. The molecule has 0 aliphatic rings. The lowest BCUT2D eigenvalue weighted by atomic mass is 10.1. The molecule has 0 bridgehead atoms. The Kier molecular flexibility index (Phi) is 6.25. The Bertz CT molecular complexity index is 601. The molecule has 0 spiro atoms. The summed E-state index contributed by atoms with van der Waals surface area (Å²) in [7, 11) is -3.82. The Morgan fingerprint density at radius 1 is 1.43 bits per heavy atom. The quantitative estimate of drug-likeness (QED) is 0.559. The molecule has 1 unspecified atom stereocenters. The standard InChI is InChI=1S/C13H21N3O4S/c1-3-4-5-11(9-14)15-21(19,20)13-8-12(16(17)18)7-6-10(13)2/h6-8,11,15H,3-5,9,14H2,1-2H3. The van der Waals surface area contributed by atoms with E-state index in [0.29, 0.717) is 12.0 Å². The summed E-state index contributed by atoms with van der Waals surface area (Å²) >= 11 is 0. The third-order valence-corrected chi connectivity index (χ3v) is 4.85. The maximum atomic E-state index is 12.4. The topological polar surface area (TPSA) is 115 Å². The number of rotatable bonds is 8. The number of nitrogens with one attached hydrogen (secondary N) is 1. The highest BCUT2D eigenvalue weighted by Crippen LogP contribution is 2.22. The normalized spacial score (nSPS) is 13.1. The minimum atomic E-state index is -3.82. The smallest absolute Gasteiger partial charge is 0.270 e. The molecule has 0 aliphatic carbocycles. The third-order valence-electron chi connectivity index (χ3n) is 3.18. The van der Waals surface area contributed by atoms with E-state index in [1.54, 1.807) is 6.92 Å². The second-order valence-electron chi connectivity index (χ2n) is 4.90. The largest absolute Gasteiger partial charge is 0.329 e. The van der Waals surface area contributed by atoms with E-state index >= 15 is 0 Å². The number of sulfonamides is 1. The number of hydrogen-bond acceptors (Lipinski definition) is 5. The lowest BCUT2D eigenvalue weighted by Gasteiger charge is -2.17. The number of nitro groups is 1. The van der Waals surface area contributed by atoms with Gasteiger partial charge in [-0.05, 0) is 18.9 Å². The first-order valence-corrected chi connectivity index (χ1v) is 8.27. The van der Waals surface area contributed by atoms with Crippen LogP contribution in [0.1, 0.15) is 31.7 Å². The SMILES string of the molecule is CCCCC(CN)NS(=O)(=O)c1cc([N+](=O)[O-])ccc1C. The second kappa shape index (κ2) is 7.48. The molecule has 0 saturated heterocycles. The third kappa shape index (κ3) is 4.76. The number of unbranched alkanes of at least 4 members (excludes halogenated alkanes) is 1. The number of hydrogen-bond donors (Lipinski definition) is 2. The van der Waals surface area contributed by atoms with Crippen molar-refractivity contribution in [3.8, 4) is 0 Å². The van der Waals surface area contributed by atoms with Crippen molar-refractivity contribution in [2.24, 2.45) is 5.73 Å². The summed E-state index contributed by atoms with van der Waals surface area (Å²) in [6.07, 6.45) is 2.44. The van der Waals surface area contributed by atoms with E-state index in [9.17, 15) is 18.5 Å². The first-order valence-electron chi connectivity index (χ1n) is 6.79. The average Bonchev–Trinajstić information content (AvgIpc) is 2.43. The minimum absolute atomic E-state index is 0.0772. The molecule has 0 aliphatic heterocycles. The average molecular weight is 315 g/mol. The number of nitrogens with zero attached hydrogens (tertiary/aromatic N) is 1. The van der Waals surface area contributed by atoms with Crippen molar-refractivity contribution < 1.29 is 13.3 Å². The van der Waals surface area contributed by atoms with Gasteiger partial charge in [-0.1, -0.05) is 25.8 Å². The van der Waals surface area contributed by atoms with Crippen LogP contribution in [0, 0.1) is 17.0 Å². The fourth-order valence-corrected chi connectivity index (χ4v) is 3.50. The Balaban J connectivity index is 3.06. The summed E-state index contributed by atoms with van der Waals surface area (Å²) in [5.41, 5.74) is 5.79. The molecular weight excluding hydrogens is 294 g/mol. The second-order valence-corrected chi connectivity index (χ2v) is 6.59. The number of nitrogens with two attached hydrogens (primary N) is 1. The van der Waals surface area contributed by atoms with Crippen LogP contribution >= 0.6 is 0 Å². The van der Waals surface area contributed by atoms with Gasteiger partial charge in [0, 0.05) is 24.7 Å². The molecule has 118 valence electrons. The van der Waals surface area contributed by atoms with Crippen LogP contribution in [0.3, 0.4) is 0 Å². The summed E-state index contributed by atoms with van der Waals surface area (Å²) in [6, 6.07) is 3.42. The predicted molar refractivity (Wildman–Crippen MR) is 80.5 cm³/mol. The van der Waals surface area contributed by atoms with E-state index in [4.69, 9.17) is 5.73 Å². The summed E-state index contributed by atoms with van der Waals surface area (Å²) < 4.78 is 27.3. The number of nitro benzene ring substituents is 1. The molecule has 0 heterocycles. The van der Waals surface area contributed by atoms with Gasteiger partial charge in [0.05, 0.1) is 9.82 Å². The van der Waals surface area contributed by atoms with Crippen LogP contribution in [0.2, 0.25) is 0 Å². The monoisotopic (exact) mass is 315 g/mol. The Labute approximate surface area is 124 Å². The highest BCUT2D eigenvalue weighted by atomic mass is 32.2. The van der Waals surface area contributed by atoms with Gasteiger partial charge in [0.1, 0.15) is 0 Å². The molecular formula is C13H21N3O4S. The van der Waals surface area contributed by atoms with Crippen LogP contribution in [0.25, 0.3) is 0 Å². The molecule has 1 atom stereocenters. The van der Waals surface area contributed by atoms with Gasteiger partial charge >= 0.3 is 0 Å². The van der Waals surface area contributed by atoms with Gasteiger partial charge in [0.25, 0.3) is 5.69 Å². The molecule has 0 saturated carbocycles. The zero-order valence-corrected chi connectivity index (χ0v) is 13.0. The van der Waals surface area contributed by atoms with Crippen molar-refractivity contribution in [3.63, 3.8) is 0 Å². The fourth-order valence-electron chi connectivity index (χ4n) is 1.95. The summed E-state index contributed by atoms with van der Waals surface area (Å²) in [5, 5.41) is 10.8. The summed E-state index contributed by atoms with van der Waals surface area (Å²) in [4.78, 5) is 10.1. The van der Waals surface area contributed by atoms with Gasteiger partial charge in [-0.15, -0.1) is 0 Å². The summed E-state index contributed by atoms with van der Waals surface area (Å²) in [5.74, 6) is 0. The van der Waals surface area contributed by atoms with Crippen molar-refractivity contribution in [1.82, 2.24) is 4.72 Å². The predicted octanol–water partition coefficient (Wildman–Crippen LogP) is 1.70. The van der Waals surface area contributed by atoms with Crippen molar-refractivity contribution in [3.05, 3.63) is 33.9 Å². The van der Waals surface area contributed by atoms with Gasteiger partial charge in [-0.25, -0.2) is 13.1 Å². The highest BCUT2D eigenvalue weighted by Gasteiger charge is 2.23. The molecule has 21 heavy (non-hydrogen) atoms. The van der Waals surface area contributed by atoms with Crippen LogP contribution in [0.4, 0.5) is 5.69 Å². The number of aryl methyl sites for hydroxylation is 1. The maximum Gasteiger partial charge on any atom is 0.270 e. The van der Waals surface area contributed by atoms with Crippen molar-refractivity contribution in [2.45, 2.75) is 44.0 Å². The molecule has 3 N–H and O–H groups in total. The van der Waals surface area contributed by atoms with Crippen LogP contribution in [0.5, 0.6) is 0 Å². The van der Waals surface area contributed by atoms with Crippen LogP contribution in [-0.2, 0) is 10.0 Å². The first-order chi connectivity index (χ1) is 9.81. The Hall–Kier alpha value is -1.51. The molecule has 1 rings (SSSR count). The van der Waals surface area contributed by atoms with E-state index in [0.717, 1.165) is 18.9 Å². The number of non-ortho nitro benzene ring substituents is 1. The van der Waals surface area contributed by atoms with Gasteiger partial charge in [-0.2, -0.15) is 0 Å². The zero-order chi connectivity index (χ0) is 16.0. The van der Waals surface area contributed by atoms with Crippen molar-refractivity contribution in [1.29, 1.82) is 0 Å². The van der Waals surface area contributed by atoms with Gasteiger partial charge in [-0.3, -0.25) is 10.1 Å². The zero-order valence-electron chi connectivity index (χ0n) is 12.2. The van der Waals surface area contributed by atoms with Crippen LogP contribution in [-0.4, -0.2) is 25.9 Å². The van der Waals surface area contributed by atoms with E-state index in [1.165, 1.54) is 12.1 Å².